The van der Waals surface area contributed by atoms with E-state index in [9.17, 15) is 19.5 Å². The Balaban J connectivity index is 1.32. The van der Waals surface area contributed by atoms with Crippen LogP contribution in [-0.4, -0.2) is 42.3 Å². The summed E-state index contributed by atoms with van der Waals surface area (Å²) in [5.41, 5.74) is 3.81. The summed E-state index contributed by atoms with van der Waals surface area (Å²) in [7, 11) is 0. The van der Waals surface area contributed by atoms with Gasteiger partial charge in [0.2, 0.25) is 5.91 Å². The van der Waals surface area contributed by atoms with Crippen molar-refractivity contribution in [1.82, 2.24) is 10.6 Å². The molecule has 0 bridgehead atoms. The van der Waals surface area contributed by atoms with E-state index in [0.717, 1.165) is 11.1 Å². The highest BCUT2D eigenvalue weighted by molar-refractivity contribution is 5.84. The van der Waals surface area contributed by atoms with E-state index in [2.05, 4.69) is 34.9 Å². The van der Waals surface area contributed by atoms with Crippen LogP contribution in [0.4, 0.5) is 4.79 Å². The Labute approximate surface area is 199 Å². The largest absolute Gasteiger partial charge is 0.481 e. The van der Waals surface area contributed by atoms with Gasteiger partial charge in [-0.2, -0.15) is 0 Å². The number of carbonyl (C=O) groups is 3. The molecule has 0 heterocycles. The minimum atomic E-state index is -0.813. The second-order valence-corrected chi connectivity index (χ2v) is 9.61. The molecule has 2 aliphatic carbocycles. The van der Waals surface area contributed by atoms with Crippen molar-refractivity contribution in [3.8, 4) is 11.1 Å². The van der Waals surface area contributed by atoms with Gasteiger partial charge in [-0.05, 0) is 54.9 Å². The molecule has 3 atom stereocenters. The van der Waals surface area contributed by atoms with Crippen LogP contribution in [0.2, 0.25) is 0 Å². The summed E-state index contributed by atoms with van der Waals surface area (Å²) in [6.45, 7) is 4.05. The van der Waals surface area contributed by atoms with Gasteiger partial charge in [0.1, 0.15) is 6.61 Å². The van der Waals surface area contributed by atoms with Crippen LogP contribution in [0.5, 0.6) is 0 Å². The van der Waals surface area contributed by atoms with Crippen LogP contribution >= 0.6 is 0 Å². The molecule has 180 valence electrons. The van der Waals surface area contributed by atoms with Crippen LogP contribution < -0.4 is 10.6 Å². The van der Waals surface area contributed by atoms with Gasteiger partial charge < -0.3 is 20.5 Å². The van der Waals surface area contributed by atoms with Crippen LogP contribution in [0.1, 0.15) is 56.6 Å². The highest BCUT2D eigenvalue weighted by Gasteiger charge is 2.37. The van der Waals surface area contributed by atoms with Crippen molar-refractivity contribution in [2.24, 2.45) is 11.3 Å². The molecule has 2 aliphatic rings. The van der Waals surface area contributed by atoms with Gasteiger partial charge in [0, 0.05) is 18.5 Å². The van der Waals surface area contributed by atoms with Crippen molar-refractivity contribution in [1.29, 1.82) is 0 Å². The number of aliphatic carboxylic acids is 1. The summed E-state index contributed by atoms with van der Waals surface area (Å²) in [6.07, 6.45) is 1.64. The number of hydrogen-bond acceptors (Lipinski definition) is 4. The fraction of sp³-hybridized carbons (Fsp3) is 0.444. The second-order valence-electron chi connectivity index (χ2n) is 9.61. The standard InChI is InChI=1S/C27H32N2O5/c1-3-27(2,25(32)29-18-13-12-17(14-18)24(30)31)16-28-26(33)34-15-23-21-10-6-4-8-19(21)20-9-5-7-11-22(20)23/h4-11,17-18,23H,3,12-16H2,1-2H3,(H,28,33)(H,29,32)(H,30,31)/t17-,18+,27?/m1/s1. The average Bonchev–Trinajstić information content (AvgIpc) is 3.44. The Morgan fingerprint density at radius 2 is 1.65 bits per heavy atom. The van der Waals surface area contributed by atoms with E-state index in [4.69, 9.17) is 4.74 Å². The van der Waals surface area contributed by atoms with Crippen LogP contribution in [0.25, 0.3) is 11.1 Å². The highest BCUT2D eigenvalue weighted by Crippen LogP contribution is 2.44. The number of hydrogen-bond donors (Lipinski definition) is 3. The van der Waals surface area contributed by atoms with E-state index < -0.39 is 23.4 Å². The van der Waals surface area contributed by atoms with Gasteiger partial charge >= 0.3 is 12.1 Å². The van der Waals surface area contributed by atoms with Crippen molar-refractivity contribution >= 4 is 18.0 Å². The smallest absolute Gasteiger partial charge is 0.407 e. The molecule has 1 fully saturated rings. The predicted octanol–water partition coefficient (Wildman–Crippen LogP) is 4.31. The average molecular weight is 465 g/mol. The van der Waals surface area contributed by atoms with Crippen molar-refractivity contribution in [3.63, 3.8) is 0 Å². The number of carboxylic acids is 1. The summed E-state index contributed by atoms with van der Waals surface area (Å²) in [5, 5.41) is 14.9. The summed E-state index contributed by atoms with van der Waals surface area (Å²) < 4.78 is 5.59. The van der Waals surface area contributed by atoms with Crippen molar-refractivity contribution in [2.45, 2.75) is 51.5 Å². The topological polar surface area (TPSA) is 105 Å². The SMILES string of the molecule is CCC(C)(CNC(=O)OCC1c2ccccc2-c2ccccc21)C(=O)N[C@H]1CC[C@@H](C(=O)O)C1. The lowest BCUT2D eigenvalue weighted by Crippen LogP contribution is -2.49. The predicted molar refractivity (Wildman–Crippen MR) is 128 cm³/mol. The van der Waals surface area contributed by atoms with Crippen molar-refractivity contribution in [2.75, 3.05) is 13.2 Å². The van der Waals surface area contributed by atoms with Gasteiger partial charge in [-0.15, -0.1) is 0 Å². The van der Waals surface area contributed by atoms with E-state index in [1.165, 1.54) is 11.1 Å². The Hall–Kier alpha value is -3.35. The van der Waals surface area contributed by atoms with E-state index >= 15 is 0 Å². The Morgan fingerprint density at radius 3 is 2.21 bits per heavy atom. The lowest BCUT2D eigenvalue weighted by molar-refractivity contribution is -0.141. The summed E-state index contributed by atoms with van der Waals surface area (Å²) in [5.74, 6) is -1.42. The lowest BCUT2D eigenvalue weighted by atomic mass is 9.86. The number of ether oxygens (including phenoxy) is 1. The van der Waals surface area contributed by atoms with Gasteiger partial charge in [-0.1, -0.05) is 55.5 Å². The van der Waals surface area contributed by atoms with Crippen LogP contribution in [0.15, 0.2) is 48.5 Å². The summed E-state index contributed by atoms with van der Waals surface area (Å²) in [4.78, 5) is 36.7. The number of fused-ring (bicyclic) bond motifs is 3. The second kappa shape index (κ2) is 9.87. The van der Waals surface area contributed by atoms with E-state index in [1.54, 1.807) is 6.92 Å². The molecule has 2 aromatic rings. The van der Waals surface area contributed by atoms with Crippen molar-refractivity contribution < 1.29 is 24.2 Å². The third kappa shape index (κ3) is 4.79. The molecule has 4 rings (SSSR count). The summed E-state index contributed by atoms with van der Waals surface area (Å²) in [6, 6.07) is 16.2. The number of benzene rings is 2. The minimum Gasteiger partial charge on any atom is -0.481 e. The molecule has 34 heavy (non-hydrogen) atoms. The molecule has 7 nitrogen and oxygen atoms in total. The van der Waals surface area contributed by atoms with E-state index in [1.807, 2.05) is 31.2 Å². The maximum absolute atomic E-state index is 12.9. The molecule has 0 aliphatic heterocycles. The Morgan fingerprint density at radius 1 is 1.03 bits per heavy atom. The lowest BCUT2D eigenvalue weighted by Gasteiger charge is -2.29. The molecule has 1 saturated carbocycles. The zero-order chi connectivity index (χ0) is 24.3. The molecule has 7 heteroatoms. The van der Waals surface area contributed by atoms with Gasteiger partial charge in [0.05, 0.1) is 11.3 Å². The van der Waals surface area contributed by atoms with Crippen LogP contribution in [0, 0.1) is 11.3 Å². The van der Waals surface area contributed by atoms with E-state index in [-0.39, 0.29) is 31.0 Å². The monoisotopic (exact) mass is 464 g/mol. The Bertz CT molecular complexity index is 1040. The fourth-order valence-corrected chi connectivity index (χ4v) is 4.98. The van der Waals surface area contributed by atoms with Gasteiger partial charge in [0.15, 0.2) is 0 Å². The first-order chi connectivity index (χ1) is 16.3. The van der Waals surface area contributed by atoms with E-state index in [0.29, 0.717) is 25.7 Å². The molecule has 2 aromatic carbocycles. The Kier molecular flexibility index (Phi) is 6.91. The van der Waals surface area contributed by atoms with Crippen LogP contribution in [0.3, 0.4) is 0 Å². The third-order valence-corrected chi connectivity index (χ3v) is 7.41. The normalized spacial score (nSPS) is 20.6. The molecule has 1 unspecified atom stereocenters. The number of amides is 2. The first kappa shape index (κ1) is 23.8. The zero-order valence-electron chi connectivity index (χ0n) is 19.7. The first-order valence-corrected chi connectivity index (χ1v) is 11.9. The van der Waals surface area contributed by atoms with Crippen molar-refractivity contribution in [3.05, 3.63) is 59.7 Å². The molecule has 0 radical (unpaired) electrons. The number of rotatable bonds is 8. The first-order valence-electron chi connectivity index (χ1n) is 11.9. The highest BCUT2D eigenvalue weighted by atomic mass is 16.5. The molecule has 0 spiro atoms. The number of nitrogens with one attached hydrogen (secondary N) is 2. The maximum Gasteiger partial charge on any atom is 0.407 e. The van der Waals surface area contributed by atoms with Gasteiger partial charge in [-0.25, -0.2) is 4.79 Å². The summed E-state index contributed by atoms with van der Waals surface area (Å²) >= 11 is 0. The van der Waals surface area contributed by atoms with Gasteiger partial charge in [0.25, 0.3) is 0 Å². The molecule has 3 N–H and O–H groups in total. The minimum absolute atomic E-state index is 0.0245. The number of carboxylic acid groups (broad SMARTS) is 1. The quantitative estimate of drug-likeness (QED) is 0.540. The number of carbonyl (C=O) groups excluding carboxylic acids is 2. The fourth-order valence-electron chi connectivity index (χ4n) is 4.98. The molecule has 0 saturated heterocycles. The van der Waals surface area contributed by atoms with Gasteiger partial charge in [-0.3, -0.25) is 9.59 Å². The molecule has 0 aromatic heterocycles. The third-order valence-electron chi connectivity index (χ3n) is 7.41. The maximum atomic E-state index is 12.9. The molecular weight excluding hydrogens is 432 g/mol. The zero-order valence-corrected chi connectivity index (χ0v) is 19.7. The van der Waals surface area contributed by atoms with Crippen LogP contribution in [-0.2, 0) is 14.3 Å². The molecule has 2 amide bonds. The number of alkyl carbamates (subject to hydrolysis) is 1. The molecular formula is C27H32N2O5.